The molecule has 0 amide bonds. The Morgan fingerprint density at radius 1 is 1.04 bits per heavy atom. The molecule has 2 heterocycles. The number of thiophene rings is 1. The highest BCUT2D eigenvalue weighted by Gasteiger charge is 2.16. The molecule has 7 heteroatoms. The Kier molecular flexibility index (Phi) is 6.30. The van der Waals surface area contributed by atoms with Gasteiger partial charge in [-0.3, -0.25) is 0 Å². The number of hydrogen-bond acceptors (Lipinski definition) is 5. The minimum Gasteiger partial charge on any atom is -0.744 e. The molecule has 4 aromatic rings. The van der Waals surface area contributed by atoms with E-state index in [4.69, 9.17) is 0 Å². The monoisotopic (exact) mass is 431 g/mol. The van der Waals surface area contributed by atoms with Gasteiger partial charge in [-0.05, 0) is 49.1 Å². The van der Waals surface area contributed by atoms with Crippen LogP contribution in [0.1, 0.15) is 17.5 Å². The van der Waals surface area contributed by atoms with Crippen LogP contribution in [0.4, 0.5) is 0 Å². The lowest BCUT2D eigenvalue weighted by Gasteiger charge is -2.05. The van der Waals surface area contributed by atoms with Crippen molar-refractivity contribution in [3.8, 4) is 10.4 Å². The number of nitrogens with zero attached hydrogens (tertiary/aromatic N) is 1. The first-order valence-electron chi connectivity index (χ1n) is 8.79. The molecule has 0 aliphatic heterocycles. The second kappa shape index (κ2) is 8.53. The highest BCUT2D eigenvalue weighted by molar-refractivity contribution is 7.85. The van der Waals surface area contributed by atoms with Crippen molar-refractivity contribution in [1.29, 1.82) is 0 Å². The molecule has 2 aromatic carbocycles. The van der Waals surface area contributed by atoms with Crippen LogP contribution in [0.15, 0.2) is 64.9 Å². The maximum atomic E-state index is 10.4. The quantitative estimate of drug-likeness (QED) is 0.333. The van der Waals surface area contributed by atoms with Gasteiger partial charge in [-0.2, -0.15) is 4.57 Å². The number of rotatable bonds is 3. The zero-order valence-corrected chi connectivity index (χ0v) is 18.3. The third-order valence-corrected chi connectivity index (χ3v) is 7.17. The Hall–Kier alpha value is -2.06. The number of thiazole rings is 1. The van der Waals surface area contributed by atoms with Crippen LogP contribution in [0.2, 0.25) is 0 Å². The molecule has 2 aromatic heterocycles. The second-order valence-corrected chi connectivity index (χ2v) is 9.85. The Morgan fingerprint density at radius 3 is 2.32 bits per heavy atom. The molecule has 4 rings (SSSR count). The molecule has 0 atom stereocenters. The summed E-state index contributed by atoms with van der Waals surface area (Å²) in [5, 5.41) is 3.51. The van der Waals surface area contributed by atoms with Gasteiger partial charge < -0.3 is 4.55 Å². The van der Waals surface area contributed by atoms with Gasteiger partial charge in [0.1, 0.15) is 21.4 Å². The van der Waals surface area contributed by atoms with Gasteiger partial charge in [-0.15, -0.1) is 11.3 Å². The van der Waals surface area contributed by atoms with Gasteiger partial charge in [-0.25, -0.2) is 8.42 Å². The van der Waals surface area contributed by atoms with Gasteiger partial charge in [0.15, 0.2) is 0 Å². The van der Waals surface area contributed by atoms with E-state index in [0.717, 1.165) is 12.1 Å². The zero-order chi connectivity index (χ0) is 20.3. The molecule has 0 spiro atoms. The zero-order valence-electron chi connectivity index (χ0n) is 15.9. The van der Waals surface area contributed by atoms with E-state index < -0.39 is 10.1 Å². The van der Waals surface area contributed by atoms with E-state index in [2.05, 4.69) is 54.1 Å². The van der Waals surface area contributed by atoms with Crippen molar-refractivity contribution < 1.29 is 17.5 Å². The molecule has 0 N–H and O–H groups in total. The first kappa shape index (κ1) is 20.7. The third kappa shape index (κ3) is 4.67. The minimum absolute atomic E-state index is 0.178. The fourth-order valence-electron chi connectivity index (χ4n) is 2.89. The summed E-state index contributed by atoms with van der Waals surface area (Å²) in [5.41, 5.74) is 3.62. The molecule has 0 bridgehead atoms. The van der Waals surface area contributed by atoms with Crippen molar-refractivity contribution in [2.45, 2.75) is 32.2 Å². The van der Waals surface area contributed by atoms with Crippen molar-refractivity contribution in [3.63, 3.8) is 0 Å². The molecule has 0 fully saturated rings. The molecule has 4 nitrogen and oxygen atoms in total. The number of aromatic nitrogens is 1. The smallest absolute Gasteiger partial charge is 0.235 e. The van der Waals surface area contributed by atoms with Crippen molar-refractivity contribution in [3.05, 3.63) is 70.5 Å². The minimum atomic E-state index is -4.27. The van der Waals surface area contributed by atoms with E-state index in [-0.39, 0.29) is 4.90 Å². The van der Waals surface area contributed by atoms with Crippen LogP contribution in [0, 0.1) is 13.8 Å². The maximum Gasteiger partial charge on any atom is 0.235 e. The second-order valence-electron chi connectivity index (χ2n) is 6.29. The Balaban J connectivity index is 0.000000178. The van der Waals surface area contributed by atoms with Crippen LogP contribution in [0.25, 0.3) is 20.7 Å². The van der Waals surface area contributed by atoms with E-state index in [0.29, 0.717) is 0 Å². The van der Waals surface area contributed by atoms with Crippen LogP contribution >= 0.6 is 22.7 Å². The average molecular weight is 432 g/mol. The van der Waals surface area contributed by atoms with Crippen LogP contribution < -0.4 is 4.57 Å². The van der Waals surface area contributed by atoms with Crippen molar-refractivity contribution >= 4 is 43.0 Å². The summed E-state index contributed by atoms with van der Waals surface area (Å²) in [6.07, 6.45) is 0. The summed E-state index contributed by atoms with van der Waals surface area (Å²) >= 11 is 3.67. The number of fused-ring (bicyclic) bond motifs is 1. The molecular weight excluding hydrogens is 410 g/mol. The number of benzene rings is 2. The average Bonchev–Trinajstić information content (AvgIpc) is 3.28. The predicted octanol–water partition coefficient (Wildman–Crippen LogP) is 5.14. The Bertz CT molecular complexity index is 1180. The molecule has 0 radical (unpaired) electrons. The summed E-state index contributed by atoms with van der Waals surface area (Å²) in [7, 11) is -4.27. The highest BCUT2D eigenvalue weighted by atomic mass is 32.2. The van der Waals surface area contributed by atoms with Crippen molar-refractivity contribution in [2.24, 2.45) is 0 Å². The predicted molar refractivity (Wildman–Crippen MR) is 115 cm³/mol. The van der Waals surface area contributed by atoms with Gasteiger partial charge in [0.2, 0.25) is 10.5 Å². The first-order valence-corrected chi connectivity index (χ1v) is 11.9. The lowest BCUT2D eigenvalue weighted by molar-refractivity contribution is -0.669. The fraction of sp³-hybridized carbons (Fsp3) is 0.190. The van der Waals surface area contributed by atoms with Crippen LogP contribution in [-0.4, -0.2) is 13.0 Å². The molecular formula is C21H21NO3S3. The molecule has 0 saturated heterocycles. The topological polar surface area (TPSA) is 61.1 Å². The lowest BCUT2D eigenvalue weighted by atomic mass is 10.2. The molecule has 28 heavy (non-hydrogen) atoms. The Labute approximate surface area is 173 Å². The molecule has 0 aliphatic carbocycles. The third-order valence-electron chi connectivity index (χ3n) is 4.32. The number of hydrogen-bond donors (Lipinski definition) is 0. The Morgan fingerprint density at radius 2 is 1.75 bits per heavy atom. The molecule has 146 valence electrons. The molecule has 0 aliphatic rings. The van der Waals surface area contributed by atoms with E-state index in [1.807, 2.05) is 18.3 Å². The lowest BCUT2D eigenvalue weighted by Crippen LogP contribution is -2.33. The van der Waals surface area contributed by atoms with Crippen LogP contribution in [0.3, 0.4) is 0 Å². The van der Waals surface area contributed by atoms with Gasteiger partial charge in [0, 0.05) is 17.9 Å². The van der Waals surface area contributed by atoms with Gasteiger partial charge in [0.25, 0.3) is 0 Å². The van der Waals surface area contributed by atoms with E-state index in [1.165, 1.54) is 37.8 Å². The summed E-state index contributed by atoms with van der Waals surface area (Å²) in [5.74, 6) is 0. The van der Waals surface area contributed by atoms with Gasteiger partial charge in [-0.1, -0.05) is 41.2 Å². The summed E-state index contributed by atoms with van der Waals surface area (Å²) in [6.45, 7) is 7.26. The molecule has 0 saturated carbocycles. The number of aryl methyl sites for hydroxylation is 3. The van der Waals surface area contributed by atoms with E-state index in [1.54, 1.807) is 23.5 Å². The highest BCUT2D eigenvalue weighted by Crippen LogP contribution is 2.29. The van der Waals surface area contributed by atoms with Gasteiger partial charge >= 0.3 is 0 Å². The maximum absolute atomic E-state index is 10.4. The van der Waals surface area contributed by atoms with Crippen molar-refractivity contribution in [1.82, 2.24) is 0 Å². The van der Waals surface area contributed by atoms with Gasteiger partial charge in [0.05, 0.1) is 4.90 Å². The SMILES string of the molecule is CC[n+]1c(C)sc2ccc(-c3cccs3)cc21.Cc1ccc(S(=O)(=O)[O-])cc1. The van der Waals surface area contributed by atoms with Crippen LogP contribution in [0.5, 0.6) is 0 Å². The first-order chi connectivity index (χ1) is 13.3. The van der Waals surface area contributed by atoms with Crippen LogP contribution in [-0.2, 0) is 16.7 Å². The summed E-state index contributed by atoms with van der Waals surface area (Å²) < 4.78 is 34.9. The fourth-order valence-corrected chi connectivity index (χ4v) is 5.15. The van der Waals surface area contributed by atoms with Crippen molar-refractivity contribution in [2.75, 3.05) is 0 Å². The summed E-state index contributed by atoms with van der Waals surface area (Å²) in [4.78, 5) is 1.17. The van der Waals surface area contributed by atoms with E-state index in [9.17, 15) is 13.0 Å². The standard InChI is InChI=1S/C14H14NS2.C7H8O3S/c1-3-15-10(2)17-14-7-6-11(9-12(14)15)13-5-4-8-16-13;1-6-2-4-7(5-3-6)11(8,9)10/h4-9H,3H2,1-2H3;2-5H,1H3,(H,8,9,10)/q+1;/p-1. The largest absolute Gasteiger partial charge is 0.744 e. The summed E-state index contributed by atoms with van der Waals surface area (Å²) in [6, 6.07) is 16.9. The van der Waals surface area contributed by atoms with E-state index >= 15 is 0 Å². The normalized spacial score (nSPS) is 11.3. The molecule has 0 unspecified atom stereocenters.